The van der Waals surface area contributed by atoms with Crippen molar-refractivity contribution < 1.29 is 0 Å². The first kappa shape index (κ1) is 17.8. The molecule has 0 aliphatic heterocycles. The van der Waals surface area contributed by atoms with Crippen molar-refractivity contribution in [2.75, 3.05) is 23.4 Å². The van der Waals surface area contributed by atoms with Gasteiger partial charge < -0.3 is 9.88 Å². The summed E-state index contributed by atoms with van der Waals surface area (Å²) in [6.07, 6.45) is 3.74. The molecule has 0 bridgehead atoms. The standard InChI is InChI=1S/C19H26N4O/c1-4-9-23(10-5-2)18-12-17(21-19(24)13-18)14-20-22-16-8-6-7-15(3)11-16/h6-8,11-14,22H,4-5,9-10H2,1-3H3,(H,21,24)/b20-14+. The molecule has 0 saturated heterocycles. The van der Waals surface area contributed by atoms with Gasteiger partial charge in [-0.25, -0.2) is 0 Å². The number of nitrogens with zero attached hydrogens (tertiary/aromatic N) is 2. The number of anilines is 2. The highest BCUT2D eigenvalue weighted by atomic mass is 16.1. The highest BCUT2D eigenvalue weighted by molar-refractivity contribution is 5.79. The maximum Gasteiger partial charge on any atom is 0.250 e. The molecule has 24 heavy (non-hydrogen) atoms. The molecule has 0 spiro atoms. The van der Waals surface area contributed by atoms with Crippen molar-refractivity contribution in [2.45, 2.75) is 33.6 Å². The third kappa shape index (κ3) is 5.26. The van der Waals surface area contributed by atoms with Crippen LogP contribution in [0.5, 0.6) is 0 Å². The quantitative estimate of drug-likeness (QED) is 0.573. The highest BCUT2D eigenvalue weighted by Gasteiger charge is 2.06. The minimum absolute atomic E-state index is 0.110. The molecule has 2 rings (SSSR count). The second kappa shape index (κ2) is 8.91. The molecule has 5 nitrogen and oxygen atoms in total. The van der Waals surface area contributed by atoms with Gasteiger partial charge in [0.25, 0.3) is 0 Å². The Kier molecular flexibility index (Phi) is 6.61. The first-order valence-corrected chi connectivity index (χ1v) is 8.47. The smallest absolute Gasteiger partial charge is 0.250 e. The predicted octanol–water partition coefficient (Wildman–Crippen LogP) is 3.76. The van der Waals surface area contributed by atoms with E-state index in [9.17, 15) is 4.79 Å². The zero-order valence-electron chi connectivity index (χ0n) is 14.7. The van der Waals surface area contributed by atoms with Gasteiger partial charge in [0.05, 0.1) is 17.6 Å². The lowest BCUT2D eigenvalue weighted by Crippen LogP contribution is -2.26. The SMILES string of the molecule is CCCN(CCC)c1cc(/C=N/Nc2cccc(C)c2)[nH]c(=O)c1. The van der Waals surface area contributed by atoms with E-state index >= 15 is 0 Å². The van der Waals surface area contributed by atoms with Crippen molar-refractivity contribution in [2.24, 2.45) is 5.10 Å². The monoisotopic (exact) mass is 326 g/mol. The van der Waals surface area contributed by atoms with Gasteiger partial charge in [-0.3, -0.25) is 10.2 Å². The Morgan fingerprint density at radius 3 is 2.58 bits per heavy atom. The molecule has 0 atom stereocenters. The van der Waals surface area contributed by atoms with E-state index in [0.717, 1.165) is 37.3 Å². The van der Waals surface area contributed by atoms with E-state index in [-0.39, 0.29) is 5.56 Å². The highest BCUT2D eigenvalue weighted by Crippen LogP contribution is 2.13. The van der Waals surface area contributed by atoms with Crippen molar-refractivity contribution in [3.05, 3.63) is 58.0 Å². The van der Waals surface area contributed by atoms with Crippen LogP contribution in [0.15, 0.2) is 46.3 Å². The first-order chi connectivity index (χ1) is 11.6. The van der Waals surface area contributed by atoms with Crippen LogP contribution in [0.1, 0.15) is 37.9 Å². The second-order valence-corrected chi connectivity index (χ2v) is 5.88. The summed E-state index contributed by atoms with van der Waals surface area (Å²) >= 11 is 0. The van der Waals surface area contributed by atoms with E-state index in [2.05, 4.69) is 34.3 Å². The summed E-state index contributed by atoms with van der Waals surface area (Å²) in [7, 11) is 0. The van der Waals surface area contributed by atoms with Gasteiger partial charge in [0.2, 0.25) is 5.56 Å². The number of nitrogens with one attached hydrogen (secondary N) is 2. The molecule has 0 unspecified atom stereocenters. The molecule has 0 aliphatic rings. The molecule has 5 heteroatoms. The van der Waals surface area contributed by atoms with Crippen LogP contribution in [-0.4, -0.2) is 24.3 Å². The Hall–Kier alpha value is -2.56. The van der Waals surface area contributed by atoms with Crippen molar-refractivity contribution in [1.29, 1.82) is 0 Å². The van der Waals surface area contributed by atoms with Gasteiger partial charge in [-0.05, 0) is 43.5 Å². The number of aromatic nitrogens is 1. The number of benzene rings is 1. The Morgan fingerprint density at radius 1 is 1.17 bits per heavy atom. The number of rotatable bonds is 8. The van der Waals surface area contributed by atoms with E-state index in [1.807, 2.05) is 37.3 Å². The number of H-pyrrole nitrogens is 1. The van der Waals surface area contributed by atoms with E-state index in [1.54, 1.807) is 12.3 Å². The van der Waals surface area contributed by atoms with Gasteiger partial charge in [-0.15, -0.1) is 0 Å². The van der Waals surface area contributed by atoms with Crippen LogP contribution in [0, 0.1) is 6.92 Å². The largest absolute Gasteiger partial charge is 0.371 e. The van der Waals surface area contributed by atoms with E-state index in [1.165, 1.54) is 5.56 Å². The van der Waals surface area contributed by atoms with E-state index < -0.39 is 0 Å². The number of hydrazone groups is 1. The minimum Gasteiger partial charge on any atom is -0.371 e. The van der Waals surface area contributed by atoms with Crippen LogP contribution in [0.3, 0.4) is 0 Å². The number of aryl methyl sites for hydroxylation is 1. The fourth-order valence-corrected chi connectivity index (χ4v) is 2.60. The molecule has 0 aliphatic carbocycles. The summed E-state index contributed by atoms with van der Waals surface area (Å²) < 4.78 is 0. The third-order valence-electron chi connectivity index (χ3n) is 3.62. The number of hydrogen-bond donors (Lipinski definition) is 2. The zero-order chi connectivity index (χ0) is 17.4. The molecule has 128 valence electrons. The Balaban J connectivity index is 2.15. The Labute approximate surface area is 143 Å². The molecule has 0 fully saturated rings. The summed E-state index contributed by atoms with van der Waals surface area (Å²) in [6.45, 7) is 8.20. The Bertz CT molecular complexity index is 730. The summed E-state index contributed by atoms with van der Waals surface area (Å²) in [5, 5.41) is 4.22. The van der Waals surface area contributed by atoms with Crippen LogP contribution in [0.25, 0.3) is 0 Å². The molecule has 0 amide bonds. The molecule has 0 radical (unpaired) electrons. The lowest BCUT2D eigenvalue weighted by molar-refractivity contribution is 0.743. The van der Waals surface area contributed by atoms with Gasteiger partial charge in [-0.1, -0.05) is 26.0 Å². The number of hydrogen-bond acceptors (Lipinski definition) is 4. The number of pyridine rings is 1. The van der Waals surface area contributed by atoms with Gasteiger partial charge in [0.1, 0.15) is 0 Å². The molecule has 1 aromatic carbocycles. The summed E-state index contributed by atoms with van der Waals surface area (Å²) in [5.74, 6) is 0. The predicted molar refractivity (Wildman–Crippen MR) is 102 cm³/mol. The summed E-state index contributed by atoms with van der Waals surface area (Å²) in [4.78, 5) is 17.0. The Morgan fingerprint density at radius 2 is 1.92 bits per heavy atom. The zero-order valence-corrected chi connectivity index (χ0v) is 14.7. The average Bonchev–Trinajstić information content (AvgIpc) is 2.54. The van der Waals surface area contributed by atoms with Gasteiger partial charge >= 0.3 is 0 Å². The summed E-state index contributed by atoms with van der Waals surface area (Å²) in [6, 6.07) is 11.6. The van der Waals surface area contributed by atoms with Gasteiger partial charge in [0.15, 0.2) is 0 Å². The lowest BCUT2D eigenvalue weighted by Gasteiger charge is -2.23. The number of aromatic amines is 1. The maximum atomic E-state index is 11.9. The van der Waals surface area contributed by atoms with Crippen molar-refractivity contribution >= 4 is 17.6 Å². The normalized spacial score (nSPS) is 11.0. The van der Waals surface area contributed by atoms with Gasteiger partial charge in [-0.2, -0.15) is 5.10 Å². The van der Waals surface area contributed by atoms with Crippen molar-refractivity contribution in [3.63, 3.8) is 0 Å². The lowest BCUT2D eigenvalue weighted by atomic mass is 10.2. The molecular weight excluding hydrogens is 300 g/mol. The molecule has 0 saturated carbocycles. The maximum absolute atomic E-state index is 11.9. The van der Waals surface area contributed by atoms with Crippen molar-refractivity contribution in [3.8, 4) is 0 Å². The van der Waals surface area contributed by atoms with E-state index in [0.29, 0.717) is 5.69 Å². The van der Waals surface area contributed by atoms with Crippen molar-refractivity contribution in [1.82, 2.24) is 4.98 Å². The first-order valence-electron chi connectivity index (χ1n) is 8.47. The van der Waals surface area contributed by atoms with E-state index in [4.69, 9.17) is 0 Å². The molecule has 1 heterocycles. The third-order valence-corrected chi connectivity index (χ3v) is 3.62. The molecular formula is C19H26N4O. The van der Waals surface area contributed by atoms with Crippen LogP contribution >= 0.6 is 0 Å². The average molecular weight is 326 g/mol. The van der Waals surface area contributed by atoms with Crippen LogP contribution in [0.2, 0.25) is 0 Å². The minimum atomic E-state index is -0.110. The van der Waals surface area contributed by atoms with Gasteiger partial charge in [0, 0.05) is 24.8 Å². The second-order valence-electron chi connectivity index (χ2n) is 5.88. The molecule has 2 N–H and O–H groups in total. The van der Waals surface area contributed by atoms with Crippen LogP contribution in [0.4, 0.5) is 11.4 Å². The summed E-state index contributed by atoms with van der Waals surface area (Å²) in [5.41, 5.74) is 6.60. The van der Waals surface area contributed by atoms with Crippen LogP contribution < -0.4 is 15.9 Å². The molecule has 1 aromatic heterocycles. The fourth-order valence-electron chi connectivity index (χ4n) is 2.60. The molecule has 2 aromatic rings. The topological polar surface area (TPSA) is 60.5 Å². The fraction of sp³-hybridized carbons (Fsp3) is 0.368. The van der Waals surface area contributed by atoms with Crippen LogP contribution in [-0.2, 0) is 0 Å².